The molecule has 1 atom stereocenters. The molecule has 1 aromatic rings. The zero-order valence-corrected chi connectivity index (χ0v) is 12.0. The van der Waals surface area contributed by atoms with Gasteiger partial charge in [-0.3, -0.25) is 9.79 Å². The second-order valence-corrected chi connectivity index (χ2v) is 5.69. The van der Waals surface area contributed by atoms with Gasteiger partial charge in [-0.05, 0) is 17.4 Å². The first-order chi connectivity index (χ1) is 9.58. The average molecular weight is 271 g/mol. The monoisotopic (exact) mass is 271 g/mol. The Balaban J connectivity index is 2.13. The molecule has 3 nitrogen and oxygen atoms in total. The van der Waals surface area contributed by atoms with Gasteiger partial charge in [0.25, 0.3) is 0 Å². The highest BCUT2D eigenvalue weighted by atomic mass is 16.3. The topological polar surface area (TPSA) is 49.7 Å². The van der Waals surface area contributed by atoms with E-state index in [-0.39, 0.29) is 17.5 Å². The summed E-state index contributed by atoms with van der Waals surface area (Å²) in [5.74, 6) is 0.674. The molecule has 1 unspecified atom stereocenters. The van der Waals surface area contributed by atoms with E-state index in [0.717, 1.165) is 5.56 Å². The Labute approximate surface area is 120 Å². The van der Waals surface area contributed by atoms with Crippen LogP contribution >= 0.6 is 0 Å². The molecule has 0 spiro atoms. The van der Waals surface area contributed by atoms with Crippen molar-refractivity contribution in [1.82, 2.24) is 0 Å². The Morgan fingerprint density at radius 1 is 1.30 bits per heavy atom. The molecule has 0 aliphatic heterocycles. The van der Waals surface area contributed by atoms with Gasteiger partial charge >= 0.3 is 0 Å². The van der Waals surface area contributed by atoms with Crippen molar-refractivity contribution in [3.63, 3.8) is 0 Å². The Morgan fingerprint density at radius 3 is 2.60 bits per heavy atom. The molecule has 1 aliphatic carbocycles. The molecular formula is C17H21NO2. The molecule has 0 saturated carbocycles. The van der Waals surface area contributed by atoms with Gasteiger partial charge in [0, 0.05) is 25.6 Å². The number of aliphatic imine (C=N–C) groups is 1. The van der Waals surface area contributed by atoms with Crippen LogP contribution in [-0.4, -0.2) is 23.6 Å². The lowest BCUT2D eigenvalue weighted by molar-refractivity contribution is -0.116. The van der Waals surface area contributed by atoms with Gasteiger partial charge in [0.2, 0.25) is 0 Å². The van der Waals surface area contributed by atoms with Gasteiger partial charge in [-0.2, -0.15) is 0 Å². The summed E-state index contributed by atoms with van der Waals surface area (Å²) in [7, 11) is 0. The summed E-state index contributed by atoms with van der Waals surface area (Å²) in [6.07, 6.45) is 2.49. The van der Waals surface area contributed by atoms with Crippen LogP contribution in [0.15, 0.2) is 46.7 Å². The summed E-state index contributed by atoms with van der Waals surface area (Å²) in [5, 5.41) is 10.1. The van der Waals surface area contributed by atoms with Gasteiger partial charge in [0.05, 0.1) is 5.57 Å². The van der Waals surface area contributed by atoms with Crippen molar-refractivity contribution in [2.24, 2.45) is 10.9 Å². The first kappa shape index (κ1) is 14.5. The number of benzene rings is 1. The molecular weight excluding hydrogens is 250 g/mol. The van der Waals surface area contributed by atoms with Crippen LogP contribution in [-0.2, 0) is 4.79 Å². The first-order valence-electron chi connectivity index (χ1n) is 7.08. The maximum Gasteiger partial charge on any atom is 0.168 e. The summed E-state index contributed by atoms with van der Waals surface area (Å²) >= 11 is 0. The molecule has 0 aromatic heterocycles. The van der Waals surface area contributed by atoms with E-state index in [1.807, 2.05) is 30.3 Å². The van der Waals surface area contributed by atoms with Gasteiger partial charge in [0.15, 0.2) is 5.78 Å². The molecule has 0 heterocycles. The molecule has 2 rings (SSSR count). The summed E-state index contributed by atoms with van der Waals surface area (Å²) in [6, 6.07) is 9.88. The number of hydrogen-bond acceptors (Lipinski definition) is 3. The SMILES string of the molecule is CC(C)CN=CC1=C(O)CC(c2ccccc2)CC1=O. The van der Waals surface area contributed by atoms with Crippen LogP contribution in [0.3, 0.4) is 0 Å². The van der Waals surface area contributed by atoms with Gasteiger partial charge in [-0.1, -0.05) is 44.2 Å². The number of hydrogen-bond donors (Lipinski definition) is 1. The fraction of sp³-hybridized carbons (Fsp3) is 0.412. The fourth-order valence-electron chi connectivity index (χ4n) is 2.37. The van der Waals surface area contributed by atoms with Crippen molar-refractivity contribution in [2.75, 3.05) is 6.54 Å². The molecule has 0 bridgehead atoms. The smallest absolute Gasteiger partial charge is 0.168 e. The van der Waals surface area contributed by atoms with Crippen LogP contribution in [0, 0.1) is 5.92 Å². The van der Waals surface area contributed by atoms with E-state index >= 15 is 0 Å². The Hall–Kier alpha value is -1.90. The molecule has 1 aromatic carbocycles. The molecule has 20 heavy (non-hydrogen) atoms. The predicted molar refractivity (Wildman–Crippen MR) is 81.3 cm³/mol. The normalized spacial score (nSPS) is 20.1. The standard InChI is InChI=1S/C17H21NO2/c1-12(2)10-18-11-15-16(19)8-14(9-17(15)20)13-6-4-3-5-7-13/h3-7,11-12,14,19H,8-10H2,1-2H3. The Bertz CT molecular complexity index is 529. The predicted octanol–water partition coefficient (Wildman–Crippen LogP) is 3.67. The number of allylic oxidation sites excluding steroid dienone is 2. The van der Waals surface area contributed by atoms with Crippen molar-refractivity contribution in [1.29, 1.82) is 0 Å². The minimum absolute atomic E-state index is 0.0184. The van der Waals surface area contributed by atoms with E-state index in [9.17, 15) is 9.90 Å². The molecule has 3 heteroatoms. The molecule has 1 aliphatic rings. The summed E-state index contributed by atoms with van der Waals surface area (Å²) < 4.78 is 0. The number of carbonyl (C=O) groups excluding carboxylic acids is 1. The molecule has 0 fully saturated rings. The van der Waals surface area contributed by atoms with Crippen LogP contribution in [0.25, 0.3) is 0 Å². The van der Waals surface area contributed by atoms with E-state index in [0.29, 0.717) is 30.9 Å². The van der Waals surface area contributed by atoms with Crippen LogP contribution in [0.1, 0.15) is 38.2 Å². The fourth-order valence-corrected chi connectivity index (χ4v) is 2.37. The minimum Gasteiger partial charge on any atom is -0.511 e. The highest BCUT2D eigenvalue weighted by Crippen LogP contribution is 2.32. The maximum absolute atomic E-state index is 12.2. The number of Topliss-reactive ketones (excluding diaryl/α,β-unsaturated/α-hetero) is 1. The van der Waals surface area contributed by atoms with Gasteiger partial charge in [0.1, 0.15) is 5.76 Å². The number of carbonyl (C=O) groups is 1. The lowest BCUT2D eigenvalue weighted by Gasteiger charge is -2.22. The number of ketones is 1. The average Bonchev–Trinajstić information content (AvgIpc) is 2.42. The minimum atomic E-state index is -0.0184. The van der Waals surface area contributed by atoms with Crippen molar-refractivity contribution >= 4 is 12.0 Å². The van der Waals surface area contributed by atoms with Crippen LogP contribution < -0.4 is 0 Å². The largest absolute Gasteiger partial charge is 0.511 e. The van der Waals surface area contributed by atoms with E-state index in [2.05, 4.69) is 18.8 Å². The maximum atomic E-state index is 12.2. The highest BCUT2D eigenvalue weighted by Gasteiger charge is 2.27. The molecule has 0 saturated heterocycles. The number of aliphatic hydroxyl groups excluding tert-OH is 1. The lowest BCUT2D eigenvalue weighted by Crippen LogP contribution is -2.19. The van der Waals surface area contributed by atoms with Gasteiger partial charge in [-0.15, -0.1) is 0 Å². The van der Waals surface area contributed by atoms with Crippen molar-refractivity contribution < 1.29 is 9.90 Å². The van der Waals surface area contributed by atoms with Crippen molar-refractivity contribution in [3.8, 4) is 0 Å². The molecule has 0 amide bonds. The van der Waals surface area contributed by atoms with E-state index in [1.54, 1.807) is 6.21 Å². The highest BCUT2D eigenvalue weighted by molar-refractivity contribution is 6.14. The third-order valence-corrected chi connectivity index (χ3v) is 3.44. The van der Waals surface area contributed by atoms with Crippen molar-refractivity contribution in [2.45, 2.75) is 32.6 Å². The van der Waals surface area contributed by atoms with Crippen LogP contribution in [0.5, 0.6) is 0 Å². The molecule has 106 valence electrons. The van der Waals surface area contributed by atoms with E-state index < -0.39 is 0 Å². The second kappa shape index (κ2) is 6.51. The zero-order chi connectivity index (χ0) is 14.5. The molecule has 0 radical (unpaired) electrons. The van der Waals surface area contributed by atoms with Crippen LogP contribution in [0.4, 0.5) is 0 Å². The summed E-state index contributed by atoms with van der Waals surface area (Å²) in [5.41, 5.74) is 1.49. The number of aliphatic hydroxyl groups is 1. The zero-order valence-electron chi connectivity index (χ0n) is 12.0. The summed E-state index contributed by atoms with van der Waals surface area (Å²) in [6.45, 7) is 4.81. The van der Waals surface area contributed by atoms with E-state index in [4.69, 9.17) is 0 Å². The second-order valence-electron chi connectivity index (χ2n) is 5.69. The number of nitrogens with zero attached hydrogens (tertiary/aromatic N) is 1. The Morgan fingerprint density at radius 2 is 2.00 bits per heavy atom. The Kier molecular flexibility index (Phi) is 4.72. The molecule has 1 N–H and O–H groups in total. The van der Waals surface area contributed by atoms with Crippen molar-refractivity contribution in [3.05, 3.63) is 47.2 Å². The lowest BCUT2D eigenvalue weighted by atomic mass is 9.83. The summed E-state index contributed by atoms with van der Waals surface area (Å²) in [4.78, 5) is 16.4. The quantitative estimate of drug-likeness (QED) is 0.849. The number of rotatable bonds is 4. The van der Waals surface area contributed by atoms with Crippen LogP contribution in [0.2, 0.25) is 0 Å². The van der Waals surface area contributed by atoms with E-state index in [1.165, 1.54) is 0 Å². The third kappa shape index (κ3) is 3.56. The third-order valence-electron chi connectivity index (χ3n) is 3.44. The van der Waals surface area contributed by atoms with Gasteiger partial charge in [-0.25, -0.2) is 0 Å². The first-order valence-corrected chi connectivity index (χ1v) is 7.08. The van der Waals surface area contributed by atoms with Gasteiger partial charge < -0.3 is 5.11 Å².